The summed E-state index contributed by atoms with van der Waals surface area (Å²) in [6.07, 6.45) is 6.82. The Bertz CT molecular complexity index is 630. The van der Waals surface area contributed by atoms with Crippen LogP contribution in [0, 0.1) is 0 Å². The van der Waals surface area contributed by atoms with Crippen LogP contribution in [0.4, 0.5) is 5.82 Å². The lowest BCUT2D eigenvalue weighted by atomic mass is 10.1. The smallest absolute Gasteiger partial charge is 0.249 e. The molecule has 0 saturated heterocycles. The van der Waals surface area contributed by atoms with Gasteiger partial charge in [-0.25, -0.2) is 4.98 Å². The second-order valence-electron chi connectivity index (χ2n) is 4.15. The molecule has 3 heteroatoms. The zero-order chi connectivity index (χ0) is 14.2. The van der Waals surface area contributed by atoms with Crippen molar-refractivity contribution in [1.82, 2.24) is 4.98 Å². The van der Waals surface area contributed by atoms with Gasteiger partial charge in [-0.2, -0.15) is 0 Å². The molecule has 0 spiro atoms. The van der Waals surface area contributed by atoms with E-state index in [2.05, 4.69) is 10.3 Å². The molecule has 0 saturated carbocycles. The van der Waals surface area contributed by atoms with Crippen LogP contribution in [0.3, 0.4) is 0 Å². The number of rotatable bonds is 4. The molecule has 100 valence electrons. The van der Waals surface area contributed by atoms with E-state index in [9.17, 15) is 4.79 Å². The fraction of sp³-hybridized carbons (Fsp3) is 0.0588. The van der Waals surface area contributed by atoms with Gasteiger partial charge in [0, 0.05) is 11.6 Å². The van der Waals surface area contributed by atoms with E-state index in [-0.39, 0.29) is 5.91 Å². The highest BCUT2D eigenvalue weighted by Crippen LogP contribution is 2.18. The standard InChI is InChI=1S/C17H16N2O/c1-2-3-5-13-17(20)19-16-12-8-11-15(18-16)14-9-6-4-7-10-14/h2-13H,1H3,(H,18,19,20)/b3-2+,13-5+. The summed E-state index contributed by atoms with van der Waals surface area (Å²) in [5.41, 5.74) is 1.86. The molecule has 3 nitrogen and oxygen atoms in total. The molecule has 0 fully saturated rings. The molecule has 0 aliphatic rings. The Hall–Kier alpha value is -2.68. The molecule has 1 amide bonds. The number of nitrogens with one attached hydrogen (secondary N) is 1. The molecule has 1 aromatic heterocycles. The quantitative estimate of drug-likeness (QED) is 0.673. The van der Waals surface area contributed by atoms with Gasteiger partial charge in [-0.3, -0.25) is 4.79 Å². The zero-order valence-corrected chi connectivity index (χ0v) is 11.3. The van der Waals surface area contributed by atoms with Crippen LogP contribution >= 0.6 is 0 Å². The number of anilines is 1. The molecule has 1 N–H and O–H groups in total. The van der Waals surface area contributed by atoms with Crippen LogP contribution in [-0.2, 0) is 4.79 Å². The van der Waals surface area contributed by atoms with Crippen LogP contribution in [0.1, 0.15) is 6.92 Å². The average Bonchev–Trinajstić information content (AvgIpc) is 2.49. The van der Waals surface area contributed by atoms with Gasteiger partial charge in [0.15, 0.2) is 0 Å². The first-order valence-electron chi connectivity index (χ1n) is 6.42. The average molecular weight is 264 g/mol. The Balaban J connectivity index is 2.13. The Morgan fingerprint density at radius 3 is 2.60 bits per heavy atom. The molecule has 1 aromatic carbocycles. The molecule has 1 heterocycles. The summed E-state index contributed by atoms with van der Waals surface area (Å²) in [4.78, 5) is 16.1. The van der Waals surface area contributed by atoms with Gasteiger partial charge < -0.3 is 5.32 Å². The van der Waals surface area contributed by atoms with Gasteiger partial charge in [-0.1, -0.05) is 54.6 Å². The monoisotopic (exact) mass is 264 g/mol. The number of aromatic nitrogens is 1. The molecule has 2 rings (SSSR count). The lowest BCUT2D eigenvalue weighted by Crippen LogP contribution is -2.09. The second-order valence-corrected chi connectivity index (χ2v) is 4.15. The molecule has 0 unspecified atom stereocenters. The van der Waals surface area contributed by atoms with Crippen molar-refractivity contribution >= 4 is 11.7 Å². The lowest BCUT2D eigenvalue weighted by molar-refractivity contribution is -0.111. The molecule has 0 atom stereocenters. The van der Waals surface area contributed by atoms with Crippen LogP contribution in [0.15, 0.2) is 72.8 Å². The van der Waals surface area contributed by atoms with E-state index >= 15 is 0 Å². The number of hydrogen-bond donors (Lipinski definition) is 1. The van der Waals surface area contributed by atoms with Crippen LogP contribution in [-0.4, -0.2) is 10.9 Å². The molecule has 20 heavy (non-hydrogen) atoms. The van der Waals surface area contributed by atoms with E-state index in [4.69, 9.17) is 0 Å². The fourth-order valence-electron chi connectivity index (χ4n) is 1.70. The Kier molecular flexibility index (Phi) is 4.84. The molecule has 0 aliphatic carbocycles. The number of amides is 1. The van der Waals surface area contributed by atoms with Crippen molar-refractivity contribution in [3.8, 4) is 11.3 Å². The van der Waals surface area contributed by atoms with Gasteiger partial charge in [0.1, 0.15) is 5.82 Å². The van der Waals surface area contributed by atoms with Crippen molar-refractivity contribution in [1.29, 1.82) is 0 Å². The van der Waals surface area contributed by atoms with Crippen molar-refractivity contribution in [2.24, 2.45) is 0 Å². The number of allylic oxidation sites excluding steroid dienone is 3. The van der Waals surface area contributed by atoms with Crippen molar-refractivity contribution in [3.05, 3.63) is 72.8 Å². The highest BCUT2D eigenvalue weighted by atomic mass is 16.1. The summed E-state index contributed by atoms with van der Waals surface area (Å²) < 4.78 is 0. The van der Waals surface area contributed by atoms with E-state index in [0.29, 0.717) is 5.82 Å². The van der Waals surface area contributed by atoms with Crippen LogP contribution in [0.5, 0.6) is 0 Å². The summed E-state index contributed by atoms with van der Waals surface area (Å²) in [6, 6.07) is 15.4. The summed E-state index contributed by atoms with van der Waals surface area (Å²) in [5, 5.41) is 2.74. The number of carbonyl (C=O) groups is 1. The first-order chi connectivity index (χ1) is 9.79. The summed E-state index contributed by atoms with van der Waals surface area (Å²) >= 11 is 0. The second kappa shape index (κ2) is 7.04. The maximum Gasteiger partial charge on any atom is 0.249 e. The molecule has 2 aromatic rings. The molecular weight excluding hydrogens is 248 g/mol. The third kappa shape index (κ3) is 3.92. The highest BCUT2D eigenvalue weighted by Gasteiger charge is 2.02. The van der Waals surface area contributed by atoms with Crippen molar-refractivity contribution < 1.29 is 4.79 Å². The Morgan fingerprint density at radius 2 is 1.85 bits per heavy atom. The third-order valence-corrected chi connectivity index (χ3v) is 2.62. The van der Waals surface area contributed by atoms with E-state index in [1.54, 1.807) is 18.2 Å². The largest absolute Gasteiger partial charge is 0.307 e. The van der Waals surface area contributed by atoms with E-state index in [0.717, 1.165) is 11.3 Å². The summed E-state index contributed by atoms with van der Waals surface area (Å²) in [5.74, 6) is 0.349. The molecule has 0 bridgehead atoms. The zero-order valence-electron chi connectivity index (χ0n) is 11.3. The first-order valence-corrected chi connectivity index (χ1v) is 6.42. The van der Waals surface area contributed by atoms with Gasteiger partial charge >= 0.3 is 0 Å². The lowest BCUT2D eigenvalue weighted by Gasteiger charge is -2.04. The number of benzene rings is 1. The number of nitrogens with zero attached hydrogens (tertiary/aromatic N) is 1. The minimum absolute atomic E-state index is 0.194. The van der Waals surface area contributed by atoms with Gasteiger partial charge in [0.2, 0.25) is 5.91 Å². The summed E-state index contributed by atoms with van der Waals surface area (Å²) in [7, 11) is 0. The van der Waals surface area contributed by atoms with Crippen molar-refractivity contribution in [3.63, 3.8) is 0 Å². The highest BCUT2D eigenvalue weighted by molar-refractivity contribution is 5.98. The first kappa shape index (κ1) is 13.7. The van der Waals surface area contributed by atoms with Gasteiger partial charge in [-0.15, -0.1) is 0 Å². The predicted octanol–water partition coefficient (Wildman–Crippen LogP) is 3.82. The fourth-order valence-corrected chi connectivity index (χ4v) is 1.70. The van der Waals surface area contributed by atoms with Crippen molar-refractivity contribution in [2.45, 2.75) is 6.92 Å². The van der Waals surface area contributed by atoms with Crippen molar-refractivity contribution in [2.75, 3.05) is 5.32 Å². The van der Waals surface area contributed by atoms with Gasteiger partial charge in [-0.05, 0) is 19.1 Å². The SMILES string of the molecule is C/C=C/C=C/C(=O)Nc1cccc(-c2ccccc2)n1. The van der Waals surface area contributed by atoms with Gasteiger partial charge in [0.05, 0.1) is 5.69 Å². The van der Waals surface area contributed by atoms with Crippen LogP contribution in [0.2, 0.25) is 0 Å². The third-order valence-electron chi connectivity index (χ3n) is 2.62. The Morgan fingerprint density at radius 1 is 1.05 bits per heavy atom. The minimum atomic E-state index is -0.194. The maximum absolute atomic E-state index is 11.7. The number of carbonyl (C=O) groups excluding carboxylic acids is 1. The number of pyridine rings is 1. The molecule has 0 radical (unpaired) electrons. The van der Waals surface area contributed by atoms with E-state index in [1.807, 2.05) is 55.5 Å². The summed E-state index contributed by atoms with van der Waals surface area (Å²) in [6.45, 7) is 1.90. The normalized spacial score (nSPS) is 11.1. The number of hydrogen-bond acceptors (Lipinski definition) is 2. The van der Waals surface area contributed by atoms with Crippen LogP contribution < -0.4 is 5.32 Å². The van der Waals surface area contributed by atoms with E-state index < -0.39 is 0 Å². The molecule has 0 aliphatic heterocycles. The maximum atomic E-state index is 11.7. The van der Waals surface area contributed by atoms with Crippen LogP contribution in [0.25, 0.3) is 11.3 Å². The van der Waals surface area contributed by atoms with E-state index in [1.165, 1.54) is 6.08 Å². The minimum Gasteiger partial charge on any atom is -0.307 e. The predicted molar refractivity (Wildman–Crippen MR) is 82.3 cm³/mol. The van der Waals surface area contributed by atoms with Gasteiger partial charge in [0.25, 0.3) is 0 Å². The molecular formula is C17H16N2O. The topological polar surface area (TPSA) is 42.0 Å². The Labute approximate surface area is 118 Å².